The lowest BCUT2D eigenvalue weighted by Gasteiger charge is -2.30. The molecule has 0 aliphatic carbocycles. The summed E-state index contributed by atoms with van der Waals surface area (Å²) in [7, 11) is 0. The van der Waals surface area contributed by atoms with Gasteiger partial charge in [-0.1, -0.05) is 0 Å². The summed E-state index contributed by atoms with van der Waals surface area (Å²) in [6.07, 6.45) is 0.875. The standard InChI is InChI=1S/C6H9IO3/c1-6(5(7)8)9-3-2-4-10-6/h2-4H2,1H3. The smallest absolute Gasteiger partial charge is 0.250 e. The number of hydrogen-bond donors (Lipinski definition) is 0. The number of carbonyl (C=O) groups is 1. The molecule has 0 saturated carbocycles. The zero-order valence-corrected chi connectivity index (χ0v) is 7.88. The Bertz CT molecular complexity index is 140. The highest BCUT2D eigenvalue weighted by atomic mass is 127. The Balaban J connectivity index is 2.56. The summed E-state index contributed by atoms with van der Waals surface area (Å²) in [6, 6.07) is 0. The Hall–Kier alpha value is 0.320. The molecule has 1 fully saturated rings. The van der Waals surface area contributed by atoms with Crippen molar-refractivity contribution < 1.29 is 14.3 Å². The Labute approximate surface area is 73.2 Å². The highest BCUT2D eigenvalue weighted by Gasteiger charge is 2.35. The molecular formula is C6H9IO3. The molecule has 1 aliphatic rings. The first-order chi connectivity index (χ1) is 4.65. The molecule has 0 aromatic rings. The van der Waals surface area contributed by atoms with Crippen LogP contribution < -0.4 is 0 Å². The van der Waals surface area contributed by atoms with Gasteiger partial charge in [-0.2, -0.15) is 0 Å². The zero-order chi connectivity index (χ0) is 7.61. The second-order valence-corrected chi connectivity index (χ2v) is 3.25. The van der Waals surface area contributed by atoms with Crippen LogP contribution in [0, 0.1) is 0 Å². The molecule has 0 aromatic carbocycles. The molecule has 1 aliphatic heterocycles. The van der Waals surface area contributed by atoms with Crippen LogP contribution in [0.15, 0.2) is 0 Å². The third-order valence-electron chi connectivity index (χ3n) is 1.40. The van der Waals surface area contributed by atoms with Crippen LogP contribution in [0.1, 0.15) is 13.3 Å². The quantitative estimate of drug-likeness (QED) is 0.520. The first-order valence-corrected chi connectivity index (χ1v) is 4.21. The highest BCUT2D eigenvalue weighted by Crippen LogP contribution is 2.21. The molecule has 0 N–H and O–H groups in total. The van der Waals surface area contributed by atoms with Gasteiger partial charge >= 0.3 is 0 Å². The van der Waals surface area contributed by atoms with Gasteiger partial charge in [0.15, 0.2) is 0 Å². The van der Waals surface area contributed by atoms with E-state index in [2.05, 4.69) is 0 Å². The van der Waals surface area contributed by atoms with Crippen LogP contribution in [0.5, 0.6) is 0 Å². The fourth-order valence-corrected chi connectivity index (χ4v) is 1.06. The first kappa shape index (κ1) is 8.42. The summed E-state index contributed by atoms with van der Waals surface area (Å²) in [5.41, 5.74) is 0. The number of halogens is 1. The van der Waals surface area contributed by atoms with Gasteiger partial charge in [0.2, 0.25) is 5.79 Å². The average molecular weight is 256 g/mol. The monoisotopic (exact) mass is 256 g/mol. The predicted molar refractivity (Wildman–Crippen MR) is 44.0 cm³/mol. The zero-order valence-electron chi connectivity index (χ0n) is 5.72. The van der Waals surface area contributed by atoms with Gasteiger partial charge in [-0.05, 0) is 13.3 Å². The SMILES string of the molecule is CC1(C(=O)I)OCCCO1. The topological polar surface area (TPSA) is 35.5 Å². The third kappa shape index (κ3) is 1.67. The van der Waals surface area contributed by atoms with Gasteiger partial charge in [-0.3, -0.25) is 4.79 Å². The van der Waals surface area contributed by atoms with Gasteiger partial charge in [0.25, 0.3) is 3.79 Å². The van der Waals surface area contributed by atoms with E-state index in [9.17, 15) is 4.79 Å². The minimum atomic E-state index is -0.973. The summed E-state index contributed by atoms with van der Waals surface area (Å²) in [6.45, 7) is 2.89. The number of hydrogen-bond acceptors (Lipinski definition) is 3. The second kappa shape index (κ2) is 3.15. The van der Waals surface area contributed by atoms with E-state index in [-0.39, 0.29) is 3.79 Å². The van der Waals surface area contributed by atoms with E-state index in [1.54, 1.807) is 29.5 Å². The van der Waals surface area contributed by atoms with Crippen LogP contribution in [-0.2, 0) is 14.3 Å². The largest absolute Gasteiger partial charge is 0.343 e. The molecule has 0 spiro atoms. The second-order valence-electron chi connectivity index (χ2n) is 2.27. The van der Waals surface area contributed by atoms with Gasteiger partial charge in [0.05, 0.1) is 13.2 Å². The predicted octanol–water partition coefficient (Wildman–Crippen LogP) is 1.10. The molecule has 0 atom stereocenters. The molecule has 1 rings (SSSR count). The minimum absolute atomic E-state index is 0.0928. The molecule has 10 heavy (non-hydrogen) atoms. The van der Waals surface area contributed by atoms with Crippen molar-refractivity contribution in [3.05, 3.63) is 0 Å². The van der Waals surface area contributed by atoms with Gasteiger partial charge in [0, 0.05) is 22.6 Å². The fourth-order valence-electron chi connectivity index (χ4n) is 0.748. The first-order valence-electron chi connectivity index (χ1n) is 3.13. The highest BCUT2D eigenvalue weighted by molar-refractivity contribution is 14.1. The van der Waals surface area contributed by atoms with Crippen molar-refractivity contribution >= 4 is 26.4 Å². The maximum Gasteiger partial charge on any atom is 0.250 e. The average Bonchev–Trinajstić information content (AvgIpc) is 1.89. The maximum atomic E-state index is 10.9. The van der Waals surface area contributed by atoms with Crippen LogP contribution in [0.3, 0.4) is 0 Å². The molecule has 0 bridgehead atoms. The van der Waals surface area contributed by atoms with Crippen molar-refractivity contribution in [3.63, 3.8) is 0 Å². The van der Waals surface area contributed by atoms with Crippen molar-refractivity contribution in [1.82, 2.24) is 0 Å². The van der Waals surface area contributed by atoms with Crippen LogP contribution in [0.25, 0.3) is 0 Å². The van der Waals surface area contributed by atoms with Gasteiger partial charge in [-0.15, -0.1) is 0 Å². The van der Waals surface area contributed by atoms with E-state index in [0.717, 1.165) is 6.42 Å². The Morgan fingerprint density at radius 1 is 1.50 bits per heavy atom. The molecule has 1 saturated heterocycles. The summed E-state index contributed by atoms with van der Waals surface area (Å²) in [5, 5.41) is 0. The third-order valence-corrected chi connectivity index (χ3v) is 2.38. The van der Waals surface area contributed by atoms with E-state index < -0.39 is 5.79 Å². The van der Waals surface area contributed by atoms with Gasteiger partial charge in [0.1, 0.15) is 0 Å². The molecule has 0 unspecified atom stereocenters. The van der Waals surface area contributed by atoms with Crippen molar-refractivity contribution in [1.29, 1.82) is 0 Å². The maximum absolute atomic E-state index is 10.9. The fraction of sp³-hybridized carbons (Fsp3) is 0.833. The lowest BCUT2D eigenvalue weighted by molar-refractivity contribution is -0.236. The van der Waals surface area contributed by atoms with E-state index in [1.807, 2.05) is 0 Å². The minimum Gasteiger partial charge on any atom is -0.343 e. The van der Waals surface area contributed by atoms with Crippen molar-refractivity contribution in [2.75, 3.05) is 13.2 Å². The Kier molecular flexibility index (Phi) is 2.65. The molecule has 3 nitrogen and oxygen atoms in total. The lowest BCUT2D eigenvalue weighted by Crippen LogP contribution is -2.42. The Morgan fingerprint density at radius 2 is 2.00 bits per heavy atom. The summed E-state index contributed by atoms with van der Waals surface area (Å²) in [5.74, 6) is -0.973. The van der Waals surface area contributed by atoms with Crippen molar-refractivity contribution in [2.24, 2.45) is 0 Å². The number of carbonyl (C=O) groups excluding carboxylic acids is 1. The van der Waals surface area contributed by atoms with Crippen LogP contribution in [-0.4, -0.2) is 22.8 Å². The normalized spacial score (nSPS) is 24.2. The molecule has 0 radical (unpaired) electrons. The van der Waals surface area contributed by atoms with Gasteiger partial charge < -0.3 is 9.47 Å². The lowest BCUT2D eigenvalue weighted by atomic mass is 10.3. The van der Waals surface area contributed by atoms with Gasteiger partial charge in [-0.25, -0.2) is 0 Å². The summed E-state index contributed by atoms with van der Waals surface area (Å²) in [4.78, 5) is 10.9. The van der Waals surface area contributed by atoms with E-state index in [0.29, 0.717) is 13.2 Å². The number of ether oxygens (including phenoxy) is 2. The Morgan fingerprint density at radius 3 is 2.30 bits per heavy atom. The molecule has 1 heterocycles. The van der Waals surface area contributed by atoms with Crippen LogP contribution >= 0.6 is 22.6 Å². The summed E-state index contributed by atoms with van der Waals surface area (Å²) >= 11 is 1.69. The summed E-state index contributed by atoms with van der Waals surface area (Å²) < 4.78 is 10.2. The molecule has 4 heteroatoms. The van der Waals surface area contributed by atoms with Crippen LogP contribution in [0.2, 0.25) is 0 Å². The van der Waals surface area contributed by atoms with Crippen LogP contribution in [0.4, 0.5) is 0 Å². The molecule has 0 aromatic heterocycles. The number of rotatable bonds is 1. The van der Waals surface area contributed by atoms with E-state index >= 15 is 0 Å². The van der Waals surface area contributed by atoms with E-state index in [1.165, 1.54) is 0 Å². The van der Waals surface area contributed by atoms with E-state index in [4.69, 9.17) is 9.47 Å². The molecule has 0 amide bonds. The molecular weight excluding hydrogens is 247 g/mol. The van der Waals surface area contributed by atoms with Crippen molar-refractivity contribution in [3.8, 4) is 0 Å². The molecule has 58 valence electrons. The van der Waals surface area contributed by atoms with Crippen molar-refractivity contribution in [2.45, 2.75) is 19.1 Å².